The monoisotopic (exact) mass is 177 g/mol. The maximum absolute atomic E-state index is 10.7. The minimum Gasteiger partial charge on any atom is -0.491 e. The molecular formula is C10H11NO2. The summed E-state index contributed by atoms with van der Waals surface area (Å²) in [6.07, 6.45) is 0.837. The van der Waals surface area contributed by atoms with E-state index >= 15 is 0 Å². The van der Waals surface area contributed by atoms with Crippen molar-refractivity contribution >= 4 is 6.29 Å². The number of fused-ring (bicyclic) bond motifs is 1. The Labute approximate surface area is 76.7 Å². The van der Waals surface area contributed by atoms with E-state index in [4.69, 9.17) is 4.74 Å². The van der Waals surface area contributed by atoms with Gasteiger partial charge in [0, 0.05) is 18.7 Å². The highest BCUT2D eigenvalue weighted by atomic mass is 16.5. The fourth-order valence-corrected chi connectivity index (χ4v) is 1.46. The number of carbonyl (C=O) groups excluding carboxylic acids is 1. The Bertz CT molecular complexity index is 323. The standard InChI is InChI=1S/C10H11NO2/c12-7-9-3-1-2-8-6-11-4-5-13-10(8)9/h1-3,7,11H,4-6H2. The van der Waals surface area contributed by atoms with Crippen molar-refractivity contribution in [1.82, 2.24) is 5.32 Å². The highest BCUT2D eigenvalue weighted by molar-refractivity contribution is 5.80. The molecule has 1 aliphatic rings. The van der Waals surface area contributed by atoms with Gasteiger partial charge in [0.15, 0.2) is 6.29 Å². The Kier molecular flexibility index (Phi) is 2.27. The fraction of sp³-hybridized carbons (Fsp3) is 0.300. The minimum atomic E-state index is 0.623. The highest BCUT2D eigenvalue weighted by Gasteiger charge is 2.11. The summed E-state index contributed by atoms with van der Waals surface area (Å²) in [6, 6.07) is 5.62. The Morgan fingerprint density at radius 3 is 3.23 bits per heavy atom. The zero-order valence-electron chi connectivity index (χ0n) is 7.25. The van der Waals surface area contributed by atoms with Gasteiger partial charge < -0.3 is 10.1 Å². The molecule has 1 N–H and O–H groups in total. The maximum atomic E-state index is 10.7. The lowest BCUT2D eigenvalue weighted by atomic mass is 10.1. The molecule has 3 nitrogen and oxygen atoms in total. The van der Waals surface area contributed by atoms with Crippen LogP contribution in [0.5, 0.6) is 5.75 Å². The lowest BCUT2D eigenvalue weighted by molar-refractivity contribution is 0.111. The normalized spacial score (nSPS) is 15.4. The quantitative estimate of drug-likeness (QED) is 0.650. The van der Waals surface area contributed by atoms with Crippen LogP contribution in [0.3, 0.4) is 0 Å². The Morgan fingerprint density at radius 2 is 2.38 bits per heavy atom. The molecule has 0 saturated heterocycles. The summed E-state index contributed by atoms with van der Waals surface area (Å²) in [4.78, 5) is 10.7. The molecule has 0 saturated carbocycles. The second-order valence-corrected chi connectivity index (χ2v) is 2.98. The van der Waals surface area contributed by atoms with E-state index in [1.54, 1.807) is 6.07 Å². The van der Waals surface area contributed by atoms with Gasteiger partial charge in [0.25, 0.3) is 0 Å². The Balaban J connectivity index is 2.45. The number of para-hydroxylation sites is 1. The first-order valence-electron chi connectivity index (χ1n) is 4.32. The smallest absolute Gasteiger partial charge is 0.153 e. The highest BCUT2D eigenvalue weighted by Crippen LogP contribution is 2.23. The molecule has 1 aromatic rings. The topological polar surface area (TPSA) is 38.3 Å². The summed E-state index contributed by atoms with van der Waals surface area (Å²) < 4.78 is 5.48. The van der Waals surface area contributed by atoms with Crippen LogP contribution in [0.25, 0.3) is 0 Å². The minimum absolute atomic E-state index is 0.623. The molecule has 1 heterocycles. The fourth-order valence-electron chi connectivity index (χ4n) is 1.46. The van der Waals surface area contributed by atoms with Crippen molar-refractivity contribution in [1.29, 1.82) is 0 Å². The third-order valence-corrected chi connectivity index (χ3v) is 2.09. The number of benzene rings is 1. The molecule has 0 atom stereocenters. The van der Waals surface area contributed by atoms with Crippen molar-refractivity contribution in [3.8, 4) is 5.75 Å². The first kappa shape index (κ1) is 8.26. The molecule has 0 fully saturated rings. The maximum Gasteiger partial charge on any atom is 0.153 e. The van der Waals surface area contributed by atoms with E-state index in [1.165, 1.54) is 0 Å². The van der Waals surface area contributed by atoms with Crippen LogP contribution in [0, 0.1) is 0 Å². The van der Waals surface area contributed by atoms with Crippen LogP contribution in [0.4, 0.5) is 0 Å². The van der Waals surface area contributed by atoms with E-state index in [0.717, 1.165) is 30.7 Å². The van der Waals surface area contributed by atoms with E-state index < -0.39 is 0 Å². The molecule has 1 aromatic carbocycles. The van der Waals surface area contributed by atoms with Crippen molar-refractivity contribution in [3.63, 3.8) is 0 Å². The van der Waals surface area contributed by atoms with Gasteiger partial charge in [-0.25, -0.2) is 0 Å². The third kappa shape index (κ3) is 1.55. The molecular weight excluding hydrogens is 166 g/mol. The first-order valence-corrected chi connectivity index (χ1v) is 4.32. The van der Waals surface area contributed by atoms with Gasteiger partial charge in [-0.15, -0.1) is 0 Å². The number of aldehydes is 1. The largest absolute Gasteiger partial charge is 0.491 e. The molecule has 13 heavy (non-hydrogen) atoms. The van der Waals surface area contributed by atoms with Gasteiger partial charge in [-0.1, -0.05) is 12.1 Å². The van der Waals surface area contributed by atoms with E-state index in [9.17, 15) is 4.79 Å². The van der Waals surface area contributed by atoms with Crippen LogP contribution in [-0.4, -0.2) is 19.4 Å². The van der Waals surface area contributed by atoms with E-state index in [0.29, 0.717) is 12.2 Å². The van der Waals surface area contributed by atoms with Crippen LogP contribution in [0.15, 0.2) is 18.2 Å². The van der Waals surface area contributed by atoms with Crippen LogP contribution in [-0.2, 0) is 6.54 Å². The van der Waals surface area contributed by atoms with E-state index in [-0.39, 0.29) is 0 Å². The Hall–Kier alpha value is -1.35. The van der Waals surface area contributed by atoms with Gasteiger partial charge in [0.1, 0.15) is 12.4 Å². The van der Waals surface area contributed by atoms with Crippen LogP contribution in [0.2, 0.25) is 0 Å². The lowest BCUT2D eigenvalue weighted by Crippen LogP contribution is -2.16. The van der Waals surface area contributed by atoms with Gasteiger partial charge in [0.05, 0.1) is 5.56 Å². The summed E-state index contributed by atoms with van der Waals surface area (Å²) in [6.45, 7) is 2.22. The SMILES string of the molecule is O=Cc1cccc2c1OCCNC2. The predicted molar refractivity (Wildman–Crippen MR) is 49.0 cm³/mol. The van der Waals surface area contributed by atoms with Crippen molar-refractivity contribution in [2.45, 2.75) is 6.54 Å². The van der Waals surface area contributed by atoms with Crippen molar-refractivity contribution < 1.29 is 9.53 Å². The average Bonchev–Trinajstić information content (AvgIpc) is 2.41. The van der Waals surface area contributed by atoms with Gasteiger partial charge in [-0.2, -0.15) is 0 Å². The molecule has 0 aromatic heterocycles. The summed E-state index contributed by atoms with van der Waals surface area (Å²) in [5.74, 6) is 0.738. The predicted octanol–water partition coefficient (Wildman–Crippen LogP) is 0.981. The zero-order chi connectivity index (χ0) is 9.10. The number of hydrogen-bond acceptors (Lipinski definition) is 3. The molecule has 0 spiro atoms. The molecule has 3 heteroatoms. The summed E-state index contributed by atoms with van der Waals surface area (Å²) in [5, 5.41) is 3.21. The Morgan fingerprint density at radius 1 is 1.46 bits per heavy atom. The number of carbonyl (C=O) groups is 1. The summed E-state index contributed by atoms with van der Waals surface area (Å²) in [7, 11) is 0. The second-order valence-electron chi connectivity index (χ2n) is 2.98. The van der Waals surface area contributed by atoms with Gasteiger partial charge in [0.2, 0.25) is 0 Å². The molecule has 0 aliphatic carbocycles. The first-order chi connectivity index (χ1) is 6.42. The molecule has 0 radical (unpaired) electrons. The van der Waals surface area contributed by atoms with E-state index in [2.05, 4.69) is 5.32 Å². The lowest BCUT2D eigenvalue weighted by Gasteiger charge is -2.07. The average molecular weight is 177 g/mol. The van der Waals surface area contributed by atoms with Crippen LogP contribution in [0.1, 0.15) is 15.9 Å². The van der Waals surface area contributed by atoms with Crippen molar-refractivity contribution in [3.05, 3.63) is 29.3 Å². The van der Waals surface area contributed by atoms with Gasteiger partial charge >= 0.3 is 0 Å². The van der Waals surface area contributed by atoms with Gasteiger partial charge in [-0.05, 0) is 6.07 Å². The molecule has 0 bridgehead atoms. The van der Waals surface area contributed by atoms with Crippen molar-refractivity contribution in [2.75, 3.05) is 13.2 Å². The molecule has 0 amide bonds. The summed E-state index contributed by atoms with van der Waals surface area (Å²) in [5.41, 5.74) is 1.70. The molecule has 1 aliphatic heterocycles. The molecule has 68 valence electrons. The van der Waals surface area contributed by atoms with Crippen LogP contribution >= 0.6 is 0 Å². The zero-order valence-corrected chi connectivity index (χ0v) is 7.25. The molecule has 0 unspecified atom stereocenters. The van der Waals surface area contributed by atoms with Gasteiger partial charge in [-0.3, -0.25) is 4.79 Å². The molecule has 2 rings (SSSR count). The number of nitrogens with one attached hydrogen (secondary N) is 1. The van der Waals surface area contributed by atoms with Crippen molar-refractivity contribution in [2.24, 2.45) is 0 Å². The van der Waals surface area contributed by atoms with Crippen LogP contribution < -0.4 is 10.1 Å². The van der Waals surface area contributed by atoms with E-state index in [1.807, 2.05) is 12.1 Å². The summed E-state index contributed by atoms with van der Waals surface area (Å²) >= 11 is 0. The number of ether oxygens (including phenoxy) is 1. The third-order valence-electron chi connectivity index (χ3n) is 2.09. The number of hydrogen-bond donors (Lipinski definition) is 1. The second kappa shape index (κ2) is 3.58. The number of rotatable bonds is 1.